The van der Waals surface area contributed by atoms with Crippen molar-refractivity contribution in [1.29, 1.82) is 0 Å². The van der Waals surface area contributed by atoms with Gasteiger partial charge in [0.2, 0.25) is 0 Å². The number of hydrogen-bond acceptors (Lipinski definition) is 4. The number of thioether (sulfide) groups is 1. The van der Waals surface area contributed by atoms with Gasteiger partial charge in [0.15, 0.2) is 0 Å². The standard InChI is InChI=1S/C12H18O3S/c1-14-11-5-4-10(9-13)12(8-11)15-6-3-7-16-2/h4-5,8,13H,3,6-7,9H2,1-2H3. The van der Waals surface area contributed by atoms with Gasteiger partial charge in [0.05, 0.1) is 20.3 Å². The fraction of sp³-hybridized carbons (Fsp3) is 0.500. The van der Waals surface area contributed by atoms with E-state index in [4.69, 9.17) is 14.6 Å². The molecule has 3 nitrogen and oxygen atoms in total. The van der Waals surface area contributed by atoms with Crippen LogP contribution in [0, 0.1) is 0 Å². The van der Waals surface area contributed by atoms with Crippen molar-refractivity contribution in [1.82, 2.24) is 0 Å². The molecule has 1 aromatic rings. The molecule has 0 atom stereocenters. The van der Waals surface area contributed by atoms with Gasteiger partial charge in [-0.3, -0.25) is 0 Å². The molecule has 0 saturated heterocycles. The molecule has 90 valence electrons. The van der Waals surface area contributed by atoms with E-state index in [2.05, 4.69) is 6.26 Å². The molecule has 1 rings (SSSR count). The van der Waals surface area contributed by atoms with Gasteiger partial charge in [-0.25, -0.2) is 0 Å². The molecule has 4 heteroatoms. The van der Waals surface area contributed by atoms with Crippen molar-refractivity contribution in [2.24, 2.45) is 0 Å². The van der Waals surface area contributed by atoms with Crippen molar-refractivity contribution in [3.63, 3.8) is 0 Å². The molecule has 0 aliphatic rings. The number of rotatable bonds is 7. The fourth-order valence-corrected chi connectivity index (χ4v) is 1.72. The van der Waals surface area contributed by atoms with E-state index in [1.54, 1.807) is 18.9 Å². The molecule has 0 unspecified atom stereocenters. The summed E-state index contributed by atoms with van der Waals surface area (Å²) in [7, 11) is 1.62. The van der Waals surface area contributed by atoms with E-state index in [0.717, 1.165) is 23.5 Å². The van der Waals surface area contributed by atoms with E-state index in [0.29, 0.717) is 12.4 Å². The predicted molar refractivity (Wildman–Crippen MR) is 67.4 cm³/mol. The molecule has 0 aliphatic heterocycles. The van der Waals surface area contributed by atoms with E-state index in [9.17, 15) is 0 Å². The lowest BCUT2D eigenvalue weighted by molar-refractivity contribution is 0.262. The van der Waals surface area contributed by atoms with Gasteiger partial charge in [0, 0.05) is 11.6 Å². The van der Waals surface area contributed by atoms with Gasteiger partial charge in [0.25, 0.3) is 0 Å². The molecule has 0 spiro atoms. The van der Waals surface area contributed by atoms with Crippen LogP contribution >= 0.6 is 11.8 Å². The van der Waals surface area contributed by atoms with Crippen LogP contribution in [0.4, 0.5) is 0 Å². The number of hydrogen-bond donors (Lipinski definition) is 1. The van der Waals surface area contributed by atoms with Gasteiger partial charge < -0.3 is 14.6 Å². The zero-order valence-electron chi connectivity index (χ0n) is 9.73. The van der Waals surface area contributed by atoms with Crippen molar-refractivity contribution >= 4 is 11.8 Å². The molecule has 0 radical (unpaired) electrons. The van der Waals surface area contributed by atoms with Crippen molar-refractivity contribution in [3.8, 4) is 11.5 Å². The highest BCUT2D eigenvalue weighted by Crippen LogP contribution is 2.25. The first-order valence-electron chi connectivity index (χ1n) is 5.21. The van der Waals surface area contributed by atoms with E-state index < -0.39 is 0 Å². The van der Waals surface area contributed by atoms with Crippen LogP contribution in [0.15, 0.2) is 18.2 Å². The maximum absolute atomic E-state index is 9.16. The maximum atomic E-state index is 9.16. The van der Waals surface area contributed by atoms with Gasteiger partial charge in [-0.15, -0.1) is 0 Å². The summed E-state index contributed by atoms with van der Waals surface area (Å²) in [5, 5.41) is 9.16. The summed E-state index contributed by atoms with van der Waals surface area (Å²) >= 11 is 1.80. The third-order valence-electron chi connectivity index (χ3n) is 2.20. The van der Waals surface area contributed by atoms with Gasteiger partial charge in [-0.1, -0.05) is 0 Å². The van der Waals surface area contributed by atoms with Crippen LogP contribution in [0.1, 0.15) is 12.0 Å². The van der Waals surface area contributed by atoms with Crippen molar-refractivity contribution in [2.75, 3.05) is 25.7 Å². The Morgan fingerprint density at radius 3 is 2.81 bits per heavy atom. The fourth-order valence-electron chi connectivity index (χ4n) is 1.31. The summed E-state index contributed by atoms with van der Waals surface area (Å²) < 4.78 is 10.7. The van der Waals surface area contributed by atoms with Crippen molar-refractivity contribution < 1.29 is 14.6 Å². The van der Waals surface area contributed by atoms with Crippen molar-refractivity contribution in [3.05, 3.63) is 23.8 Å². The lowest BCUT2D eigenvalue weighted by Gasteiger charge is -2.11. The van der Waals surface area contributed by atoms with E-state index >= 15 is 0 Å². The summed E-state index contributed by atoms with van der Waals surface area (Å²) in [5.41, 5.74) is 0.796. The highest BCUT2D eigenvalue weighted by atomic mass is 32.2. The quantitative estimate of drug-likeness (QED) is 0.745. The minimum atomic E-state index is -0.0120. The molecule has 0 aliphatic carbocycles. The minimum absolute atomic E-state index is 0.0120. The lowest BCUT2D eigenvalue weighted by atomic mass is 10.2. The van der Waals surface area contributed by atoms with Crippen LogP contribution in [-0.2, 0) is 6.61 Å². The molecule has 0 bridgehead atoms. The first kappa shape index (κ1) is 13.2. The van der Waals surface area contributed by atoms with E-state index in [-0.39, 0.29) is 6.61 Å². The normalized spacial score (nSPS) is 10.2. The smallest absolute Gasteiger partial charge is 0.128 e. The maximum Gasteiger partial charge on any atom is 0.128 e. The summed E-state index contributed by atoms with van der Waals surface area (Å²) in [5.74, 6) is 2.54. The SMILES string of the molecule is COc1ccc(CO)c(OCCCSC)c1. The molecule has 0 aromatic heterocycles. The number of ether oxygens (including phenoxy) is 2. The second-order valence-electron chi connectivity index (χ2n) is 3.33. The Bertz CT molecular complexity index is 315. The van der Waals surface area contributed by atoms with Crippen LogP contribution in [-0.4, -0.2) is 30.8 Å². The van der Waals surface area contributed by atoms with Gasteiger partial charge in [-0.05, 0) is 30.6 Å². The molecular weight excluding hydrogens is 224 g/mol. The molecule has 1 aromatic carbocycles. The Kier molecular flexibility index (Phi) is 6.11. The molecule has 1 N–H and O–H groups in total. The highest BCUT2D eigenvalue weighted by Gasteiger charge is 2.04. The molecule has 0 heterocycles. The molecule has 0 fully saturated rings. The third kappa shape index (κ3) is 3.94. The van der Waals surface area contributed by atoms with Crippen molar-refractivity contribution in [2.45, 2.75) is 13.0 Å². The average molecular weight is 242 g/mol. The van der Waals surface area contributed by atoms with Crippen LogP contribution in [0.5, 0.6) is 11.5 Å². The number of methoxy groups -OCH3 is 1. The van der Waals surface area contributed by atoms with Crippen LogP contribution < -0.4 is 9.47 Å². The third-order valence-corrected chi connectivity index (χ3v) is 2.89. The molecule has 0 saturated carbocycles. The lowest BCUT2D eigenvalue weighted by Crippen LogP contribution is -2.01. The second kappa shape index (κ2) is 7.41. The predicted octanol–water partition coefficient (Wildman–Crippen LogP) is 2.32. The van der Waals surface area contributed by atoms with Gasteiger partial charge in [-0.2, -0.15) is 11.8 Å². The minimum Gasteiger partial charge on any atom is -0.497 e. The largest absolute Gasteiger partial charge is 0.497 e. The van der Waals surface area contributed by atoms with Gasteiger partial charge in [0.1, 0.15) is 11.5 Å². The topological polar surface area (TPSA) is 38.7 Å². The average Bonchev–Trinajstić information content (AvgIpc) is 2.34. The molecular formula is C12H18O3S. The van der Waals surface area contributed by atoms with Gasteiger partial charge >= 0.3 is 0 Å². The highest BCUT2D eigenvalue weighted by molar-refractivity contribution is 7.98. The summed E-state index contributed by atoms with van der Waals surface area (Å²) in [6, 6.07) is 5.45. The summed E-state index contributed by atoms with van der Waals surface area (Å²) in [6.07, 6.45) is 3.08. The Morgan fingerprint density at radius 1 is 1.38 bits per heavy atom. The zero-order valence-corrected chi connectivity index (χ0v) is 10.5. The molecule has 0 amide bonds. The second-order valence-corrected chi connectivity index (χ2v) is 4.31. The Balaban J connectivity index is 2.60. The monoisotopic (exact) mass is 242 g/mol. The number of aliphatic hydroxyl groups excluding tert-OH is 1. The summed E-state index contributed by atoms with van der Waals surface area (Å²) in [4.78, 5) is 0. The van der Waals surface area contributed by atoms with Crippen LogP contribution in [0.3, 0.4) is 0 Å². The van der Waals surface area contributed by atoms with Crippen LogP contribution in [0.2, 0.25) is 0 Å². The first-order chi connectivity index (χ1) is 7.81. The summed E-state index contributed by atoms with van der Waals surface area (Å²) in [6.45, 7) is 0.656. The number of benzene rings is 1. The Hall–Kier alpha value is -0.870. The van der Waals surface area contributed by atoms with E-state index in [1.165, 1.54) is 0 Å². The van der Waals surface area contributed by atoms with E-state index in [1.807, 2.05) is 18.2 Å². The number of aliphatic hydroxyl groups is 1. The van der Waals surface area contributed by atoms with Crippen LogP contribution in [0.25, 0.3) is 0 Å². The Labute approximate surface area is 101 Å². The Morgan fingerprint density at radius 2 is 2.19 bits per heavy atom. The molecule has 16 heavy (non-hydrogen) atoms. The zero-order chi connectivity index (χ0) is 11.8. The first-order valence-corrected chi connectivity index (χ1v) is 6.60.